The lowest BCUT2D eigenvalue weighted by atomic mass is 9.94. The molecule has 0 amide bonds. The minimum absolute atomic E-state index is 0.693. The van der Waals surface area contributed by atoms with Crippen LogP contribution in [0.4, 0.5) is 0 Å². The molecule has 106 valence electrons. The van der Waals surface area contributed by atoms with Crippen LogP contribution in [0.15, 0.2) is 34.8 Å². The van der Waals surface area contributed by atoms with Crippen molar-refractivity contribution in [3.8, 4) is 5.75 Å². The largest absolute Gasteiger partial charge is 0.496 e. The van der Waals surface area contributed by atoms with Gasteiger partial charge in [0, 0.05) is 10.0 Å². The van der Waals surface area contributed by atoms with E-state index < -0.39 is 6.10 Å². The summed E-state index contributed by atoms with van der Waals surface area (Å²) in [6.45, 7) is 6.03. The summed E-state index contributed by atoms with van der Waals surface area (Å²) in [5.74, 6) is 0.708. The Morgan fingerprint density at radius 3 is 2.35 bits per heavy atom. The van der Waals surface area contributed by atoms with Gasteiger partial charge in [-0.05, 0) is 49.6 Å². The molecule has 2 nitrogen and oxygen atoms in total. The molecule has 0 aliphatic heterocycles. The van der Waals surface area contributed by atoms with Crippen molar-refractivity contribution in [1.82, 2.24) is 0 Å². The second-order valence-electron chi connectivity index (χ2n) is 5.11. The van der Waals surface area contributed by atoms with Crippen molar-refractivity contribution in [2.75, 3.05) is 7.11 Å². The van der Waals surface area contributed by atoms with E-state index in [9.17, 15) is 5.11 Å². The summed E-state index contributed by atoms with van der Waals surface area (Å²) in [6.07, 6.45) is -0.693. The third-order valence-electron chi connectivity index (χ3n) is 3.53. The van der Waals surface area contributed by atoms with Gasteiger partial charge >= 0.3 is 0 Å². The highest BCUT2D eigenvalue weighted by atomic mass is 79.9. The molecule has 3 heteroatoms. The highest BCUT2D eigenvalue weighted by molar-refractivity contribution is 9.10. The van der Waals surface area contributed by atoms with Gasteiger partial charge in [0.05, 0.1) is 7.11 Å². The SMILES string of the molecule is COc1cc(C)c(Br)cc1C(O)c1cc(C)ccc1C. The van der Waals surface area contributed by atoms with Gasteiger partial charge in [-0.15, -0.1) is 0 Å². The molecular formula is C17H19BrO2. The fourth-order valence-electron chi connectivity index (χ4n) is 2.28. The Balaban J connectivity index is 2.55. The van der Waals surface area contributed by atoms with E-state index in [1.807, 2.05) is 51.1 Å². The Morgan fingerprint density at radius 2 is 1.70 bits per heavy atom. The van der Waals surface area contributed by atoms with Gasteiger partial charge in [0.2, 0.25) is 0 Å². The van der Waals surface area contributed by atoms with E-state index in [0.717, 1.165) is 32.3 Å². The molecule has 1 unspecified atom stereocenters. The van der Waals surface area contributed by atoms with Gasteiger partial charge in [-0.1, -0.05) is 39.7 Å². The number of methoxy groups -OCH3 is 1. The van der Waals surface area contributed by atoms with Crippen molar-refractivity contribution in [2.24, 2.45) is 0 Å². The molecule has 0 aliphatic carbocycles. The number of aliphatic hydroxyl groups excluding tert-OH is 1. The minimum Gasteiger partial charge on any atom is -0.496 e. The van der Waals surface area contributed by atoms with Gasteiger partial charge in [-0.25, -0.2) is 0 Å². The zero-order valence-electron chi connectivity index (χ0n) is 12.2. The van der Waals surface area contributed by atoms with Crippen molar-refractivity contribution in [3.05, 3.63) is 62.6 Å². The van der Waals surface area contributed by atoms with E-state index in [1.165, 1.54) is 0 Å². The minimum atomic E-state index is -0.693. The fourth-order valence-corrected chi connectivity index (χ4v) is 2.64. The molecule has 2 aromatic carbocycles. The number of aliphatic hydroxyl groups is 1. The molecule has 0 heterocycles. The molecular weight excluding hydrogens is 316 g/mol. The lowest BCUT2D eigenvalue weighted by molar-refractivity contribution is 0.214. The van der Waals surface area contributed by atoms with E-state index in [2.05, 4.69) is 15.9 Å². The third-order valence-corrected chi connectivity index (χ3v) is 4.39. The van der Waals surface area contributed by atoms with Gasteiger partial charge in [0.25, 0.3) is 0 Å². The molecule has 0 spiro atoms. The molecule has 1 atom stereocenters. The molecule has 0 fully saturated rings. The van der Waals surface area contributed by atoms with Crippen LogP contribution in [0.25, 0.3) is 0 Å². The Kier molecular flexibility index (Phi) is 4.51. The Hall–Kier alpha value is -1.32. The topological polar surface area (TPSA) is 29.5 Å². The van der Waals surface area contributed by atoms with Crippen LogP contribution in [0.5, 0.6) is 5.75 Å². The first-order valence-corrected chi connectivity index (χ1v) is 7.32. The number of hydrogen-bond donors (Lipinski definition) is 1. The predicted molar refractivity (Wildman–Crippen MR) is 85.4 cm³/mol. The molecule has 20 heavy (non-hydrogen) atoms. The second-order valence-corrected chi connectivity index (χ2v) is 5.96. The summed E-state index contributed by atoms with van der Waals surface area (Å²) in [5.41, 5.74) is 4.98. The van der Waals surface area contributed by atoms with E-state index >= 15 is 0 Å². The molecule has 0 saturated carbocycles. The zero-order valence-corrected chi connectivity index (χ0v) is 13.8. The summed E-state index contributed by atoms with van der Waals surface area (Å²) < 4.78 is 6.38. The van der Waals surface area contributed by atoms with Crippen LogP contribution in [0.1, 0.15) is 33.9 Å². The predicted octanol–water partition coefficient (Wildman–Crippen LogP) is 4.46. The van der Waals surface area contributed by atoms with Crippen LogP contribution >= 0.6 is 15.9 Å². The quantitative estimate of drug-likeness (QED) is 0.897. The highest BCUT2D eigenvalue weighted by Crippen LogP contribution is 2.35. The van der Waals surface area contributed by atoms with Gasteiger partial charge < -0.3 is 9.84 Å². The molecule has 0 saturated heterocycles. The molecule has 2 aromatic rings. The van der Waals surface area contributed by atoms with Crippen molar-refractivity contribution in [1.29, 1.82) is 0 Å². The molecule has 0 radical (unpaired) electrons. The summed E-state index contributed by atoms with van der Waals surface area (Å²) in [5, 5.41) is 10.7. The first kappa shape index (κ1) is 15.1. The normalized spacial score (nSPS) is 12.3. The van der Waals surface area contributed by atoms with E-state index in [0.29, 0.717) is 5.75 Å². The molecule has 1 N–H and O–H groups in total. The van der Waals surface area contributed by atoms with Crippen LogP contribution in [-0.4, -0.2) is 12.2 Å². The average Bonchev–Trinajstić information content (AvgIpc) is 2.43. The van der Waals surface area contributed by atoms with Crippen LogP contribution in [0.3, 0.4) is 0 Å². The van der Waals surface area contributed by atoms with E-state index in [4.69, 9.17) is 4.74 Å². The smallest absolute Gasteiger partial charge is 0.125 e. The summed E-state index contributed by atoms with van der Waals surface area (Å²) in [6, 6.07) is 9.97. The number of rotatable bonds is 3. The fraction of sp³-hybridized carbons (Fsp3) is 0.294. The van der Waals surface area contributed by atoms with Crippen LogP contribution in [0, 0.1) is 20.8 Å². The lowest BCUT2D eigenvalue weighted by Gasteiger charge is -2.19. The third kappa shape index (κ3) is 2.89. The number of hydrogen-bond acceptors (Lipinski definition) is 2. The second kappa shape index (κ2) is 5.98. The number of benzene rings is 2. The summed E-state index contributed by atoms with van der Waals surface area (Å²) in [7, 11) is 1.63. The van der Waals surface area contributed by atoms with Gasteiger partial charge in [-0.3, -0.25) is 0 Å². The van der Waals surface area contributed by atoms with Crippen LogP contribution in [0.2, 0.25) is 0 Å². The summed E-state index contributed by atoms with van der Waals surface area (Å²) >= 11 is 3.52. The van der Waals surface area contributed by atoms with Crippen LogP contribution in [-0.2, 0) is 0 Å². The zero-order chi connectivity index (χ0) is 14.9. The highest BCUT2D eigenvalue weighted by Gasteiger charge is 2.18. The first-order valence-electron chi connectivity index (χ1n) is 6.53. The Bertz CT molecular complexity index is 635. The lowest BCUT2D eigenvalue weighted by Crippen LogP contribution is -2.05. The van der Waals surface area contributed by atoms with Crippen molar-refractivity contribution in [2.45, 2.75) is 26.9 Å². The average molecular weight is 335 g/mol. The van der Waals surface area contributed by atoms with E-state index in [-0.39, 0.29) is 0 Å². The van der Waals surface area contributed by atoms with Gasteiger partial charge in [0.15, 0.2) is 0 Å². The monoisotopic (exact) mass is 334 g/mol. The van der Waals surface area contributed by atoms with Gasteiger partial charge in [0.1, 0.15) is 11.9 Å². The number of aryl methyl sites for hydroxylation is 3. The standard InChI is InChI=1S/C17H19BrO2/c1-10-5-6-11(2)13(7-10)17(19)14-9-15(18)12(3)8-16(14)20-4/h5-9,17,19H,1-4H3. The summed E-state index contributed by atoms with van der Waals surface area (Å²) in [4.78, 5) is 0. The first-order chi connectivity index (χ1) is 9.43. The van der Waals surface area contributed by atoms with E-state index in [1.54, 1.807) is 7.11 Å². The van der Waals surface area contributed by atoms with Crippen molar-refractivity contribution >= 4 is 15.9 Å². The maximum atomic E-state index is 10.7. The molecule has 2 rings (SSSR count). The number of halogens is 1. The number of ether oxygens (including phenoxy) is 1. The molecule has 0 aliphatic rings. The molecule has 0 aromatic heterocycles. The van der Waals surface area contributed by atoms with Crippen molar-refractivity contribution in [3.63, 3.8) is 0 Å². The van der Waals surface area contributed by atoms with Gasteiger partial charge in [-0.2, -0.15) is 0 Å². The Morgan fingerprint density at radius 1 is 1.00 bits per heavy atom. The molecule has 0 bridgehead atoms. The van der Waals surface area contributed by atoms with Crippen LogP contribution < -0.4 is 4.74 Å². The van der Waals surface area contributed by atoms with Crippen molar-refractivity contribution < 1.29 is 9.84 Å². The maximum Gasteiger partial charge on any atom is 0.125 e. The maximum absolute atomic E-state index is 10.7. The Labute approximate surface area is 128 Å².